The Balaban J connectivity index is 2.32. The van der Waals surface area contributed by atoms with Gasteiger partial charge in [0.15, 0.2) is 0 Å². The van der Waals surface area contributed by atoms with Crippen LogP contribution in [0.1, 0.15) is 20.8 Å². The van der Waals surface area contributed by atoms with Gasteiger partial charge in [-0.1, -0.05) is 26.0 Å². The number of aromatic nitrogens is 1. The van der Waals surface area contributed by atoms with Crippen molar-refractivity contribution in [3.8, 4) is 0 Å². The molecule has 0 aliphatic carbocycles. The molecule has 9 heteroatoms. The lowest BCUT2D eigenvalue weighted by atomic mass is 10.1. The quantitative estimate of drug-likeness (QED) is 0.762. The van der Waals surface area contributed by atoms with Gasteiger partial charge < -0.3 is 0 Å². The average molecular weight is 383 g/mol. The number of anilines is 1. The molecule has 1 aromatic carbocycles. The van der Waals surface area contributed by atoms with E-state index in [9.17, 15) is 16.8 Å². The van der Waals surface area contributed by atoms with Gasteiger partial charge in [-0.15, -0.1) is 0 Å². The fraction of sp³-hybridized carbons (Fsp3) is 0.312. The molecule has 0 aliphatic rings. The Morgan fingerprint density at radius 2 is 1.52 bits per heavy atom. The van der Waals surface area contributed by atoms with E-state index in [0.717, 1.165) is 6.07 Å². The molecule has 0 bridgehead atoms. The van der Waals surface area contributed by atoms with E-state index in [0.29, 0.717) is 0 Å². The first-order chi connectivity index (χ1) is 11.6. The van der Waals surface area contributed by atoms with Crippen LogP contribution in [0, 0.1) is 5.92 Å². The summed E-state index contributed by atoms with van der Waals surface area (Å²) in [6.45, 7) is 5.54. The minimum absolute atomic E-state index is 0.104. The zero-order valence-electron chi connectivity index (χ0n) is 14.2. The summed E-state index contributed by atoms with van der Waals surface area (Å²) in [5.74, 6) is 0.259. The Kier molecular flexibility index (Phi) is 5.81. The first-order valence-electron chi connectivity index (χ1n) is 7.68. The van der Waals surface area contributed by atoms with Crippen molar-refractivity contribution < 1.29 is 16.8 Å². The second-order valence-corrected chi connectivity index (χ2v) is 9.35. The predicted octanol–water partition coefficient (Wildman–Crippen LogP) is 2.21. The maximum Gasteiger partial charge on any atom is 0.263 e. The van der Waals surface area contributed by atoms with Crippen LogP contribution in [0.25, 0.3) is 0 Å². The van der Waals surface area contributed by atoms with Crippen LogP contribution in [0.15, 0.2) is 58.5 Å². The smallest absolute Gasteiger partial charge is 0.263 e. The standard InChI is InChI=1S/C16H21N3O4S2/c1-12(2)13(3)18-24(20,21)14-7-6-8-15(11-14)25(22,23)19-16-9-4-5-10-17-16/h4-13,18H,1-3H3,(H,17,19). The molecule has 1 unspecified atom stereocenters. The van der Waals surface area contributed by atoms with Gasteiger partial charge in [0.2, 0.25) is 10.0 Å². The van der Waals surface area contributed by atoms with Crippen molar-refractivity contribution in [2.45, 2.75) is 36.6 Å². The topological polar surface area (TPSA) is 105 Å². The van der Waals surface area contributed by atoms with Gasteiger partial charge in [0.05, 0.1) is 9.79 Å². The Morgan fingerprint density at radius 3 is 2.08 bits per heavy atom. The lowest BCUT2D eigenvalue weighted by molar-refractivity contribution is 0.476. The Labute approximate surface area is 148 Å². The van der Waals surface area contributed by atoms with Gasteiger partial charge >= 0.3 is 0 Å². The number of nitrogens with zero attached hydrogens (tertiary/aromatic N) is 1. The molecule has 0 radical (unpaired) electrons. The number of hydrogen-bond donors (Lipinski definition) is 2. The highest BCUT2D eigenvalue weighted by molar-refractivity contribution is 7.93. The highest BCUT2D eigenvalue weighted by Gasteiger charge is 2.22. The monoisotopic (exact) mass is 383 g/mol. The van der Waals surface area contributed by atoms with Gasteiger partial charge in [0.1, 0.15) is 5.82 Å². The Hall–Kier alpha value is -1.97. The molecule has 1 aromatic heterocycles. The van der Waals surface area contributed by atoms with Crippen molar-refractivity contribution in [3.05, 3.63) is 48.7 Å². The predicted molar refractivity (Wildman–Crippen MR) is 96.1 cm³/mol. The van der Waals surface area contributed by atoms with Gasteiger partial charge in [-0.05, 0) is 43.2 Å². The minimum Gasteiger partial charge on any atom is -0.263 e. The third-order valence-electron chi connectivity index (χ3n) is 3.67. The van der Waals surface area contributed by atoms with Crippen LogP contribution in [0.4, 0.5) is 5.82 Å². The van der Waals surface area contributed by atoms with Gasteiger partial charge in [-0.2, -0.15) is 0 Å². The first-order valence-corrected chi connectivity index (χ1v) is 10.6. The molecule has 2 aromatic rings. The molecule has 0 amide bonds. The summed E-state index contributed by atoms with van der Waals surface area (Å²) in [5, 5.41) is 0. The van der Waals surface area contributed by atoms with Crippen molar-refractivity contribution >= 4 is 25.9 Å². The summed E-state index contributed by atoms with van der Waals surface area (Å²) in [5.41, 5.74) is 0. The number of benzene rings is 1. The SMILES string of the molecule is CC(C)C(C)NS(=O)(=O)c1cccc(S(=O)(=O)Nc2ccccn2)c1. The highest BCUT2D eigenvalue weighted by atomic mass is 32.2. The van der Waals surface area contributed by atoms with Crippen molar-refractivity contribution in [3.63, 3.8) is 0 Å². The van der Waals surface area contributed by atoms with E-state index in [2.05, 4.69) is 14.4 Å². The molecule has 2 rings (SSSR count). The second-order valence-electron chi connectivity index (χ2n) is 5.95. The van der Waals surface area contributed by atoms with E-state index >= 15 is 0 Å². The summed E-state index contributed by atoms with van der Waals surface area (Å²) >= 11 is 0. The fourth-order valence-electron chi connectivity index (χ4n) is 1.88. The number of rotatable bonds is 7. The zero-order chi connectivity index (χ0) is 18.7. The molecule has 0 saturated heterocycles. The lowest BCUT2D eigenvalue weighted by Gasteiger charge is -2.17. The van der Waals surface area contributed by atoms with Crippen LogP contribution in [-0.4, -0.2) is 27.9 Å². The van der Waals surface area contributed by atoms with Gasteiger partial charge in [-0.3, -0.25) is 4.72 Å². The van der Waals surface area contributed by atoms with E-state index in [1.807, 2.05) is 13.8 Å². The molecule has 136 valence electrons. The van der Waals surface area contributed by atoms with Crippen LogP contribution < -0.4 is 9.44 Å². The highest BCUT2D eigenvalue weighted by Crippen LogP contribution is 2.19. The molecule has 0 saturated carbocycles. The summed E-state index contributed by atoms with van der Waals surface area (Å²) in [6.07, 6.45) is 1.45. The zero-order valence-corrected chi connectivity index (χ0v) is 15.8. The first kappa shape index (κ1) is 19.4. The van der Waals surface area contributed by atoms with Gasteiger partial charge in [0.25, 0.3) is 10.0 Å². The van der Waals surface area contributed by atoms with Crippen LogP contribution in [0.3, 0.4) is 0 Å². The second kappa shape index (κ2) is 7.51. The maximum absolute atomic E-state index is 12.4. The van der Waals surface area contributed by atoms with E-state index in [-0.39, 0.29) is 27.6 Å². The molecule has 25 heavy (non-hydrogen) atoms. The van der Waals surface area contributed by atoms with Crippen LogP contribution in [-0.2, 0) is 20.0 Å². The van der Waals surface area contributed by atoms with Crippen LogP contribution in [0.2, 0.25) is 0 Å². The van der Waals surface area contributed by atoms with Crippen molar-refractivity contribution in [1.29, 1.82) is 0 Å². The van der Waals surface area contributed by atoms with E-state index in [1.165, 1.54) is 30.5 Å². The molecule has 0 fully saturated rings. The molecule has 1 atom stereocenters. The normalized spacial score (nSPS) is 13.6. The molecule has 1 heterocycles. The number of pyridine rings is 1. The Bertz CT molecular complexity index is 927. The molecule has 0 aliphatic heterocycles. The summed E-state index contributed by atoms with van der Waals surface area (Å²) in [4.78, 5) is 3.64. The summed E-state index contributed by atoms with van der Waals surface area (Å²) in [7, 11) is -7.76. The fourth-order valence-corrected chi connectivity index (χ4v) is 4.44. The van der Waals surface area contributed by atoms with E-state index < -0.39 is 20.0 Å². The summed E-state index contributed by atoms with van der Waals surface area (Å²) in [6, 6.07) is 9.73. The number of nitrogens with one attached hydrogen (secondary N) is 2. The molecule has 7 nitrogen and oxygen atoms in total. The lowest BCUT2D eigenvalue weighted by Crippen LogP contribution is -2.36. The molecule has 0 spiro atoms. The van der Waals surface area contributed by atoms with Crippen molar-refractivity contribution in [2.24, 2.45) is 5.92 Å². The van der Waals surface area contributed by atoms with E-state index in [4.69, 9.17) is 0 Å². The van der Waals surface area contributed by atoms with Crippen molar-refractivity contribution in [1.82, 2.24) is 9.71 Å². The van der Waals surface area contributed by atoms with Crippen molar-refractivity contribution in [2.75, 3.05) is 4.72 Å². The average Bonchev–Trinajstić information content (AvgIpc) is 2.55. The Morgan fingerprint density at radius 1 is 0.880 bits per heavy atom. The third-order valence-corrected chi connectivity index (χ3v) is 6.58. The minimum atomic E-state index is -3.95. The molecular formula is C16H21N3O4S2. The largest absolute Gasteiger partial charge is 0.263 e. The maximum atomic E-state index is 12.4. The number of sulfonamides is 2. The number of hydrogen-bond acceptors (Lipinski definition) is 5. The third kappa shape index (κ3) is 5.00. The van der Waals surface area contributed by atoms with Gasteiger partial charge in [0, 0.05) is 12.2 Å². The van der Waals surface area contributed by atoms with E-state index in [1.54, 1.807) is 19.1 Å². The summed E-state index contributed by atoms with van der Waals surface area (Å²) < 4.78 is 54.6. The van der Waals surface area contributed by atoms with Crippen LogP contribution >= 0.6 is 0 Å². The van der Waals surface area contributed by atoms with Gasteiger partial charge in [-0.25, -0.2) is 26.5 Å². The molecule has 2 N–H and O–H groups in total. The molecular weight excluding hydrogens is 362 g/mol. The van der Waals surface area contributed by atoms with Crippen LogP contribution in [0.5, 0.6) is 0 Å².